The molecule has 2 rings (SSSR count). The fourth-order valence-electron chi connectivity index (χ4n) is 2.16. The number of halogens is 3. The fraction of sp³-hybridized carbons (Fsp3) is 0.118. The third-order valence-electron chi connectivity index (χ3n) is 3.43. The molecule has 0 aliphatic carbocycles. The van der Waals surface area contributed by atoms with E-state index in [1.807, 2.05) is 0 Å². The third kappa shape index (κ3) is 4.38. The molecule has 0 bridgehead atoms. The molecule has 0 unspecified atom stereocenters. The number of alkyl halides is 3. The van der Waals surface area contributed by atoms with Gasteiger partial charge in [0.15, 0.2) is 0 Å². The molecule has 0 saturated carbocycles. The molecular formula is C17H14F3N3O3. The van der Waals surface area contributed by atoms with Crippen molar-refractivity contribution in [2.75, 3.05) is 5.43 Å². The van der Waals surface area contributed by atoms with Gasteiger partial charge in [-0.05, 0) is 30.2 Å². The standard InChI is InChI=1S/C17H14F3N3O3/c1-2-4-11-5-3-6-12(16(11)24)10-21-22-14-8-7-13(17(18,19)20)9-15(14)23(25)26/h2-3,5-10,22,24H,1,4H2. The van der Waals surface area contributed by atoms with Crippen molar-refractivity contribution in [1.82, 2.24) is 0 Å². The number of nitrogens with zero attached hydrogens (tertiary/aromatic N) is 2. The van der Waals surface area contributed by atoms with Gasteiger partial charge >= 0.3 is 6.18 Å². The van der Waals surface area contributed by atoms with Crippen molar-refractivity contribution in [2.24, 2.45) is 5.10 Å². The van der Waals surface area contributed by atoms with Gasteiger partial charge in [-0.3, -0.25) is 15.5 Å². The van der Waals surface area contributed by atoms with Gasteiger partial charge in [-0.15, -0.1) is 6.58 Å². The number of nitro benzene ring substituents is 1. The SMILES string of the molecule is C=CCc1cccc(C=NNc2ccc(C(F)(F)F)cc2[N+](=O)[O-])c1O. The second-order valence-corrected chi connectivity index (χ2v) is 5.20. The topological polar surface area (TPSA) is 87.8 Å². The average Bonchev–Trinajstić information content (AvgIpc) is 2.57. The molecular weight excluding hydrogens is 351 g/mol. The number of nitrogens with one attached hydrogen (secondary N) is 1. The van der Waals surface area contributed by atoms with Crippen LogP contribution in [-0.2, 0) is 12.6 Å². The minimum Gasteiger partial charge on any atom is -0.507 e. The molecule has 0 heterocycles. The van der Waals surface area contributed by atoms with Crippen LogP contribution in [0, 0.1) is 10.1 Å². The van der Waals surface area contributed by atoms with Gasteiger partial charge in [0.1, 0.15) is 11.4 Å². The number of rotatable bonds is 6. The normalized spacial score (nSPS) is 11.5. The lowest BCUT2D eigenvalue weighted by atomic mass is 10.1. The number of nitro groups is 1. The lowest BCUT2D eigenvalue weighted by Gasteiger charge is -2.08. The summed E-state index contributed by atoms with van der Waals surface area (Å²) in [5.74, 6) is -0.0279. The van der Waals surface area contributed by atoms with Crippen molar-refractivity contribution in [3.8, 4) is 5.75 Å². The molecule has 9 heteroatoms. The van der Waals surface area contributed by atoms with Crippen LogP contribution in [0.4, 0.5) is 24.5 Å². The summed E-state index contributed by atoms with van der Waals surface area (Å²) in [5.41, 5.74) is 1.18. The first-order valence-electron chi connectivity index (χ1n) is 7.30. The lowest BCUT2D eigenvalue weighted by molar-refractivity contribution is -0.384. The number of benzene rings is 2. The van der Waals surface area contributed by atoms with Gasteiger partial charge in [0.2, 0.25) is 0 Å². The first-order valence-corrected chi connectivity index (χ1v) is 7.30. The van der Waals surface area contributed by atoms with E-state index in [1.165, 1.54) is 6.21 Å². The Morgan fingerprint density at radius 3 is 2.65 bits per heavy atom. The van der Waals surface area contributed by atoms with E-state index >= 15 is 0 Å². The number of hydrogen-bond acceptors (Lipinski definition) is 5. The zero-order valence-corrected chi connectivity index (χ0v) is 13.3. The Hall–Kier alpha value is -3.36. The minimum absolute atomic E-state index is 0.0279. The van der Waals surface area contributed by atoms with Gasteiger partial charge in [0.25, 0.3) is 5.69 Å². The summed E-state index contributed by atoms with van der Waals surface area (Å²) in [4.78, 5) is 10.1. The maximum Gasteiger partial charge on any atom is 0.416 e. The Morgan fingerprint density at radius 1 is 1.31 bits per heavy atom. The summed E-state index contributed by atoms with van der Waals surface area (Å²) >= 11 is 0. The Morgan fingerprint density at radius 2 is 2.04 bits per heavy atom. The molecule has 26 heavy (non-hydrogen) atoms. The van der Waals surface area contributed by atoms with Crippen molar-refractivity contribution < 1.29 is 23.2 Å². The van der Waals surface area contributed by atoms with Crippen molar-refractivity contribution in [2.45, 2.75) is 12.6 Å². The number of anilines is 1. The van der Waals surface area contributed by atoms with Crippen LogP contribution in [0.15, 0.2) is 54.2 Å². The molecule has 2 aromatic rings. The van der Waals surface area contributed by atoms with E-state index < -0.39 is 22.4 Å². The molecule has 6 nitrogen and oxygen atoms in total. The predicted octanol–water partition coefficient (Wildman–Crippen LogP) is 4.49. The molecule has 2 N–H and O–H groups in total. The van der Waals surface area contributed by atoms with Crippen LogP contribution in [0.1, 0.15) is 16.7 Å². The molecule has 0 spiro atoms. The smallest absolute Gasteiger partial charge is 0.416 e. The van der Waals surface area contributed by atoms with Crippen LogP contribution >= 0.6 is 0 Å². The van der Waals surface area contributed by atoms with E-state index in [4.69, 9.17) is 0 Å². The molecule has 2 aromatic carbocycles. The maximum absolute atomic E-state index is 12.7. The lowest BCUT2D eigenvalue weighted by Crippen LogP contribution is -2.06. The van der Waals surface area contributed by atoms with Crippen LogP contribution in [0.5, 0.6) is 5.75 Å². The van der Waals surface area contributed by atoms with Crippen molar-refractivity contribution in [1.29, 1.82) is 0 Å². The van der Waals surface area contributed by atoms with Gasteiger partial charge in [0, 0.05) is 11.6 Å². The molecule has 136 valence electrons. The number of hydrazone groups is 1. The van der Waals surface area contributed by atoms with E-state index in [9.17, 15) is 28.4 Å². The molecule has 0 aromatic heterocycles. The first-order chi connectivity index (χ1) is 12.2. The number of para-hydroxylation sites is 1. The Balaban J connectivity index is 2.27. The highest BCUT2D eigenvalue weighted by Gasteiger charge is 2.33. The largest absolute Gasteiger partial charge is 0.507 e. The monoisotopic (exact) mass is 365 g/mol. The zero-order chi connectivity index (χ0) is 19.3. The minimum atomic E-state index is -4.69. The summed E-state index contributed by atoms with van der Waals surface area (Å²) in [6.45, 7) is 3.58. The van der Waals surface area contributed by atoms with E-state index in [0.717, 1.165) is 6.07 Å². The summed E-state index contributed by atoms with van der Waals surface area (Å²) in [7, 11) is 0. The zero-order valence-electron chi connectivity index (χ0n) is 13.3. The number of hydrogen-bond donors (Lipinski definition) is 2. The molecule has 0 atom stereocenters. The Bertz CT molecular complexity index is 864. The van der Waals surface area contributed by atoms with Crippen LogP contribution in [0.25, 0.3) is 0 Å². The summed E-state index contributed by atoms with van der Waals surface area (Å²) in [5, 5.41) is 24.8. The van der Waals surface area contributed by atoms with E-state index in [-0.39, 0.29) is 11.4 Å². The summed E-state index contributed by atoms with van der Waals surface area (Å²) < 4.78 is 38.0. The number of phenolic OH excluding ortho intramolecular Hbond substituents is 1. The number of allylic oxidation sites excluding steroid dienone is 1. The van der Waals surface area contributed by atoms with E-state index in [1.54, 1.807) is 24.3 Å². The van der Waals surface area contributed by atoms with Gasteiger partial charge in [-0.25, -0.2) is 0 Å². The number of aromatic hydroxyl groups is 1. The summed E-state index contributed by atoms with van der Waals surface area (Å²) in [6.07, 6.45) is -1.43. The maximum atomic E-state index is 12.7. The van der Waals surface area contributed by atoms with Gasteiger partial charge in [-0.1, -0.05) is 18.2 Å². The van der Waals surface area contributed by atoms with Gasteiger partial charge < -0.3 is 5.11 Å². The first kappa shape index (κ1) is 19.0. The number of phenols is 1. The molecule has 0 radical (unpaired) electrons. The van der Waals surface area contributed by atoms with E-state index in [2.05, 4.69) is 17.1 Å². The van der Waals surface area contributed by atoms with Gasteiger partial charge in [-0.2, -0.15) is 18.3 Å². The van der Waals surface area contributed by atoms with Crippen molar-refractivity contribution in [3.63, 3.8) is 0 Å². The Labute approximate surface area is 146 Å². The Kier molecular flexibility index (Phi) is 5.61. The molecule has 0 amide bonds. The average molecular weight is 365 g/mol. The highest BCUT2D eigenvalue weighted by molar-refractivity contribution is 5.84. The van der Waals surface area contributed by atoms with Gasteiger partial charge in [0.05, 0.1) is 16.7 Å². The van der Waals surface area contributed by atoms with Crippen LogP contribution in [-0.4, -0.2) is 16.2 Å². The fourth-order valence-corrected chi connectivity index (χ4v) is 2.16. The molecule has 0 saturated heterocycles. The van der Waals surface area contributed by atoms with Crippen molar-refractivity contribution >= 4 is 17.6 Å². The second kappa shape index (κ2) is 7.68. The second-order valence-electron chi connectivity index (χ2n) is 5.20. The van der Waals surface area contributed by atoms with Crippen LogP contribution < -0.4 is 5.43 Å². The summed E-state index contributed by atoms with van der Waals surface area (Å²) in [6, 6.07) is 7.01. The van der Waals surface area contributed by atoms with Crippen LogP contribution in [0.3, 0.4) is 0 Å². The highest BCUT2D eigenvalue weighted by atomic mass is 19.4. The van der Waals surface area contributed by atoms with E-state index in [0.29, 0.717) is 29.7 Å². The molecule has 0 aliphatic rings. The van der Waals surface area contributed by atoms with Crippen LogP contribution in [0.2, 0.25) is 0 Å². The molecule has 0 fully saturated rings. The van der Waals surface area contributed by atoms with Crippen molar-refractivity contribution in [3.05, 3.63) is 75.9 Å². The highest BCUT2D eigenvalue weighted by Crippen LogP contribution is 2.35. The molecule has 0 aliphatic heterocycles. The quantitative estimate of drug-likeness (QED) is 0.342. The predicted molar refractivity (Wildman–Crippen MR) is 91.3 cm³/mol. The third-order valence-corrected chi connectivity index (χ3v) is 3.43.